The van der Waals surface area contributed by atoms with E-state index in [4.69, 9.17) is 4.74 Å². The Kier molecular flexibility index (Phi) is 5.41. The van der Waals surface area contributed by atoms with Gasteiger partial charge in [0.1, 0.15) is 11.9 Å². The van der Waals surface area contributed by atoms with Gasteiger partial charge in [-0.1, -0.05) is 43.2 Å². The Labute approximate surface area is 153 Å². The first kappa shape index (κ1) is 17.8. The van der Waals surface area contributed by atoms with Crippen LogP contribution in [0, 0.1) is 6.92 Å². The lowest BCUT2D eigenvalue weighted by Gasteiger charge is -2.37. The average Bonchev–Trinajstić information content (AvgIpc) is 2.65. The van der Waals surface area contributed by atoms with Crippen LogP contribution in [0.4, 0.5) is 5.69 Å². The second-order valence-corrected chi connectivity index (χ2v) is 6.31. The van der Waals surface area contributed by atoms with Gasteiger partial charge >= 0.3 is 0 Å². The highest BCUT2D eigenvalue weighted by atomic mass is 16.5. The lowest BCUT2D eigenvalue weighted by Crippen LogP contribution is -2.58. The number of para-hydroxylation sites is 1. The monoisotopic (exact) mass is 353 g/mol. The first-order valence-electron chi connectivity index (χ1n) is 8.76. The molecular weight excluding hydrogens is 330 g/mol. The van der Waals surface area contributed by atoms with Crippen LogP contribution in [0.15, 0.2) is 48.5 Å². The third-order valence-electron chi connectivity index (χ3n) is 4.21. The summed E-state index contributed by atoms with van der Waals surface area (Å²) in [6, 6.07) is 14.8. The molecule has 2 aromatic rings. The molecule has 0 saturated carbocycles. The maximum Gasteiger partial charge on any atom is 0.276 e. The Morgan fingerprint density at radius 1 is 1.19 bits per heavy atom. The number of aryl methyl sites for hydroxylation is 1. The lowest BCUT2D eigenvalue weighted by atomic mass is 10.1. The van der Waals surface area contributed by atoms with Crippen LogP contribution >= 0.6 is 0 Å². The normalized spacial score (nSPS) is 15.8. The molecule has 0 bridgehead atoms. The lowest BCUT2D eigenvalue weighted by molar-refractivity contribution is -0.127. The number of nitrogens with zero attached hydrogens (tertiary/aromatic N) is 1. The highest BCUT2D eigenvalue weighted by Gasteiger charge is 2.32. The van der Waals surface area contributed by atoms with E-state index in [0.29, 0.717) is 11.3 Å². The number of hydrogen-bond donors (Lipinski definition) is 2. The number of hydrogen-bond acceptors (Lipinski definition) is 4. The number of fused-ring (bicyclic) bond motifs is 1. The number of hydrazine groups is 1. The van der Waals surface area contributed by atoms with Gasteiger partial charge in [-0.3, -0.25) is 15.0 Å². The summed E-state index contributed by atoms with van der Waals surface area (Å²) in [7, 11) is 0. The number of amides is 2. The molecule has 1 unspecified atom stereocenters. The predicted octanol–water partition coefficient (Wildman–Crippen LogP) is 3.10. The number of anilines is 1. The molecule has 136 valence electrons. The number of carbonyl (C=O) groups excluding carboxylic acids is 2. The molecule has 26 heavy (non-hydrogen) atoms. The van der Waals surface area contributed by atoms with Gasteiger partial charge in [-0.15, -0.1) is 0 Å². The van der Waals surface area contributed by atoms with Crippen LogP contribution in [0.3, 0.4) is 0 Å². The zero-order chi connectivity index (χ0) is 18.5. The summed E-state index contributed by atoms with van der Waals surface area (Å²) in [5.74, 6) is 0.0204. The summed E-state index contributed by atoms with van der Waals surface area (Å²) in [6.45, 7) is 3.86. The molecule has 0 aromatic heterocycles. The minimum Gasteiger partial charge on any atom is -0.484 e. The van der Waals surface area contributed by atoms with Crippen molar-refractivity contribution >= 4 is 17.5 Å². The van der Waals surface area contributed by atoms with E-state index in [1.165, 1.54) is 5.01 Å². The Morgan fingerprint density at radius 3 is 2.65 bits per heavy atom. The van der Waals surface area contributed by atoms with Crippen molar-refractivity contribution in [3.05, 3.63) is 59.7 Å². The summed E-state index contributed by atoms with van der Waals surface area (Å²) in [5.41, 5.74) is 5.13. The maximum absolute atomic E-state index is 12.8. The molecule has 2 aromatic carbocycles. The molecule has 1 aliphatic heterocycles. The molecular formula is C20H23N3O3. The second kappa shape index (κ2) is 7.91. The van der Waals surface area contributed by atoms with Gasteiger partial charge in [0.2, 0.25) is 0 Å². The number of nitrogens with one attached hydrogen (secondary N) is 2. The van der Waals surface area contributed by atoms with E-state index in [0.717, 1.165) is 24.1 Å². The number of benzene rings is 2. The highest BCUT2D eigenvalue weighted by Crippen LogP contribution is 2.25. The van der Waals surface area contributed by atoms with Gasteiger partial charge < -0.3 is 10.1 Å². The van der Waals surface area contributed by atoms with Gasteiger partial charge in [0.05, 0.1) is 5.56 Å². The Hall–Kier alpha value is -3.02. The zero-order valence-electron chi connectivity index (χ0n) is 15.0. The minimum atomic E-state index is -0.374. The van der Waals surface area contributed by atoms with Crippen LogP contribution in [0.25, 0.3) is 0 Å². The summed E-state index contributed by atoms with van der Waals surface area (Å²) in [6.07, 6.45) is 1.31. The van der Waals surface area contributed by atoms with Crippen molar-refractivity contribution in [2.45, 2.75) is 32.9 Å². The quantitative estimate of drug-likeness (QED) is 0.837. The van der Waals surface area contributed by atoms with Crippen molar-refractivity contribution in [3.8, 4) is 5.75 Å². The fourth-order valence-electron chi connectivity index (χ4n) is 2.86. The highest BCUT2D eigenvalue weighted by molar-refractivity contribution is 6.02. The van der Waals surface area contributed by atoms with Gasteiger partial charge in [-0.05, 0) is 37.6 Å². The largest absolute Gasteiger partial charge is 0.484 e. The van der Waals surface area contributed by atoms with Crippen molar-refractivity contribution in [1.82, 2.24) is 10.4 Å². The van der Waals surface area contributed by atoms with Crippen molar-refractivity contribution in [1.29, 1.82) is 0 Å². The van der Waals surface area contributed by atoms with Gasteiger partial charge in [-0.2, -0.15) is 0 Å². The molecule has 1 aliphatic rings. The zero-order valence-corrected chi connectivity index (χ0v) is 15.0. The van der Waals surface area contributed by atoms with Crippen LogP contribution < -0.4 is 15.5 Å². The van der Waals surface area contributed by atoms with Crippen molar-refractivity contribution in [2.75, 3.05) is 11.9 Å². The van der Waals surface area contributed by atoms with E-state index < -0.39 is 0 Å². The average molecular weight is 353 g/mol. The van der Waals surface area contributed by atoms with Crippen LogP contribution in [0.2, 0.25) is 0 Å². The first-order valence-corrected chi connectivity index (χ1v) is 8.76. The summed E-state index contributed by atoms with van der Waals surface area (Å²) < 4.78 is 5.49. The minimum absolute atomic E-state index is 0.159. The van der Waals surface area contributed by atoms with Crippen molar-refractivity contribution < 1.29 is 14.3 Å². The molecule has 2 amide bonds. The van der Waals surface area contributed by atoms with Crippen molar-refractivity contribution in [3.63, 3.8) is 0 Å². The molecule has 2 N–H and O–H groups in total. The standard InChI is InChI=1S/C20H23N3O3/c1-3-6-18-21-17-8-5-4-7-16(17)20(25)23(18)22-19(24)13-26-15-11-9-14(2)10-12-15/h4-5,7-12,18,21H,3,6,13H2,1-2H3,(H,22,24). The molecule has 0 fully saturated rings. The molecule has 6 heteroatoms. The third kappa shape index (κ3) is 3.96. The number of rotatable bonds is 6. The van der Waals surface area contributed by atoms with E-state index >= 15 is 0 Å². The van der Waals surface area contributed by atoms with Gasteiger partial charge in [-0.25, -0.2) is 5.01 Å². The SMILES string of the molecule is CCCC1Nc2ccccc2C(=O)N1NC(=O)COc1ccc(C)cc1. The van der Waals surface area contributed by atoms with Gasteiger partial charge in [0, 0.05) is 5.69 Å². The summed E-state index contributed by atoms with van der Waals surface area (Å²) >= 11 is 0. The third-order valence-corrected chi connectivity index (χ3v) is 4.21. The molecule has 3 rings (SSSR count). The van der Waals surface area contributed by atoms with E-state index in [1.54, 1.807) is 12.1 Å². The number of carbonyl (C=O) groups is 2. The molecule has 0 saturated heterocycles. The second-order valence-electron chi connectivity index (χ2n) is 6.31. The Bertz CT molecular complexity index is 789. The van der Waals surface area contributed by atoms with Crippen LogP contribution in [-0.2, 0) is 4.79 Å². The molecule has 1 atom stereocenters. The van der Waals surface area contributed by atoms with Crippen LogP contribution in [-0.4, -0.2) is 29.6 Å². The fraction of sp³-hybridized carbons (Fsp3) is 0.300. The maximum atomic E-state index is 12.8. The first-order chi connectivity index (χ1) is 12.6. The Balaban J connectivity index is 1.67. The topological polar surface area (TPSA) is 70.7 Å². The predicted molar refractivity (Wildman–Crippen MR) is 99.7 cm³/mol. The summed E-state index contributed by atoms with van der Waals surface area (Å²) in [5, 5.41) is 4.68. The van der Waals surface area contributed by atoms with Crippen LogP contribution in [0.1, 0.15) is 35.7 Å². The van der Waals surface area contributed by atoms with Gasteiger partial charge in [0.25, 0.3) is 11.8 Å². The molecule has 6 nitrogen and oxygen atoms in total. The van der Waals surface area contributed by atoms with E-state index in [-0.39, 0.29) is 24.6 Å². The number of ether oxygens (including phenoxy) is 1. The smallest absolute Gasteiger partial charge is 0.276 e. The van der Waals surface area contributed by atoms with E-state index in [2.05, 4.69) is 10.7 Å². The van der Waals surface area contributed by atoms with E-state index in [1.807, 2.05) is 50.2 Å². The molecule has 0 radical (unpaired) electrons. The molecule has 0 spiro atoms. The fourth-order valence-corrected chi connectivity index (χ4v) is 2.86. The molecule has 1 heterocycles. The van der Waals surface area contributed by atoms with Crippen LogP contribution in [0.5, 0.6) is 5.75 Å². The molecule has 0 aliphatic carbocycles. The Morgan fingerprint density at radius 2 is 1.92 bits per heavy atom. The summed E-state index contributed by atoms with van der Waals surface area (Å²) in [4.78, 5) is 25.1. The van der Waals surface area contributed by atoms with E-state index in [9.17, 15) is 9.59 Å². The van der Waals surface area contributed by atoms with Crippen molar-refractivity contribution in [2.24, 2.45) is 0 Å². The van der Waals surface area contributed by atoms with Gasteiger partial charge in [0.15, 0.2) is 6.61 Å².